The molecule has 3 nitrogen and oxygen atoms in total. The molecule has 0 amide bonds. The van der Waals surface area contributed by atoms with Gasteiger partial charge in [-0.2, -0.15) is 11.8 Å². The molecule has 2 N–H and O–H groups in total. The number of hydrogen-bond donors (Lipinski definition) is 2. The van der Waals surface area contributed by atoms with E-state index in [-0.39, 0.29) is 5.78 Å². The highest BCUT2D eigenvalue weighted by molar-refractivity contribution is 7.98. The molecule has 0 unspecified atom stereocenters. The molecule has 86 valence electrons. The van der Waals surface area contributed by atoms with Crippen LogP contribution in [0.25, 0.3) is 0 Å². The standard InChI is InChI=1S/C9H19NO2S.CH4/c1-7(11)9(10-2)8(12)5-4-6-13-3;/h7,9-11H,4-6H2,1-3H3;1H4/t7-,9+;/m1./s1/i;1D. The fourth-order valence-corrected chi connectivity index (χ4v) is 1.65. The molecular weight excluding hydrogens is 198 g/mol. The second-order valence-corrected chi connectivity index (χ2v) is 4.06. The van der Waals surface area contributed by atoms with Gasteiger partial charge in [-0.25, -0.2) is 0 Å². The zero-order chi connectivity index (χ0) is 12.3. The van der Waals surface area contributed by atoms with Crippen LogP contribution in [0.5, 0.6) is 0 Å². The lowest BCUT2D eigenvalue weighted by Gasteiger charge is -2.17. The number of carbonyl (C=O) groups excluding carboxylic acids is 1. The van der Waals surface area contributed by atoms with Gasteiger partial charge in [0, 0.05) is 7.79 Å². The topological polar surface area (TPSA) is 49.3 Å². The first-order valence-corrected chi connectivity index (χ1v) is 5.89. The van der Waals surface area contributed by atoms with Gasteiger partial charge >= 0.3 is 0 Å². The number of ketones is 1. The maximum absolute atomic E-state index is 11.5. The molecule has 0 bridgehead atoms. The average Bonchev–Trinajstić information content (AvgIpc) is 2.21. The zero-order valence-electron chi connectivity index (χ0n) is 10.5. The number of nitrogens with one attached hydrogen (secondary N) is 1. The summed E-state index contributed by atoms with van der Waals surface area (Å²) in [4.78, 5) is 11.5. The Bertz CT molecular complexity index is 156. The summed E-state index contributed by atoms with van der Waals surface area (Å²) in [6.45, 7) is 1.63. The van der Waals surface area contributed by atoms with Crippen LogP contribution in [0.2, 0.25) is 0 Å². The molecule has 0 aliphatic heterocycles. The van der Waals surface area contributed by atoms with E-state index in [1.807, 2.05) is 6.26 Å². The van der Waals surface area contributed by atoms with Crippen molar-refractivity contribution in [2.24, 2.45) is 0 Å². The van der Waals surface area contributed by atoms with Crippen molar-refractivity contribution in [3.63, 3.8) is 0 Å². The summed E-state index contributed by atoms with van der Waals surface area (Å²) in [7, 11) is 2.95. The highest BCUT2D eigenvalue weighted by Gasteiger charge is 2.20. The lowest BCUT2D eigenvalue weighted by molar-refractivity contribution is -0.123. The van der Waals surface area contributed by atoms with Crippen LogP contribution in [0.3, 0.4) is 0 Å². The molecule has 0 aromatic carbocycles. The molecule has 0 saturated heterocycles. The van der Waals surface area contributed by atoms with E-state index in [2.05, 4.69) is 5.32 Å². The van der Waals surface area contributed by atoms with Crippen LogP contribution in [-0.2, 0) is 4.79 Å². The van der Waals surface area contributed by atoms with Gasteiger partial charge in [0.25, 0.3) is 0 Å². The van der Waals surface area contributed by atoms with Gasteiger partial charge in [-0.05, 0) is 32.4 Å². The molecule has 0 saturated carbocycles. The largest absolute Gasteiger partial charge is 0.391 e. The Morgan fingerprint density at radius 2 is 2.29 bits per heavy atom. The number of likely N-dealkylation sites (N-methyl/N-ethyl adjacent to an activating group) is 1. The third-order valence-electron chi connectivity index (χ3n) is 1.91. The molecule has 0 spiro atoms. The van der Waals surface area contributed by atoms with Gasteiger partial charge in [-0.15, -0.1) is 0 Å². The molecule has 4 heteroatoms. The number of aliphatic hydroxyl groups excluding tert-OH is 1. The highest BCUT2D eigenvalue weighted by Crippen LogP contribution is 2.04. The summed E-state index contributed by atoms with van der Waals surface area (Å²) >= 11 is 1.74. The third kappa shape index (κ3) is 6.40. The van der Waals surface area contributed by atoms with Gasteiger partial charge in [-0.3, -0.25) is 4.79 Å². The molecule has 0 heterocycles. The van der Waals surface area contributed by atoms with Crippen LogP contribution in [0.4, 0.5) is 0 Å². The molecule has 0 fully saturated rings. The summed E-state index contributed by atoms with van der Waals surface area (Å²) in [6, 6.07) is -0.401. The lowest BCUT2D eigenvalue weighted by Crippen LogP contribution is -2.42. The summed E-state index contributed by atoms with van der Waals surface area (Å²) in [5.74, 6) is 1.11. The Hall–Kier alpha value is -0.0600. The minimum Gasteiger partial charge on any atom is -0.391 e. The maximum Gasteiger partial charge on any atom is 0.152 e. The van der Waals surface area contributed by atoms with Crippen molar-refractivity contribution < 1.29 is 11.3 Å². The molecular formula is C10H23NO2S. The first-order valence-electron chi connectivity index (χ1n) is 5.50. The Labute approximate surface area is 93.1 Å². The quantitative estimate of drug-likeness (QED) is 0.638. The van der Waals surface area contributed by atoms with Gasteiger partial charge in [0.05, 0.1) is 12.1 Å². The van der Waals surface area contributed by atoms with E-state index in [0.717, 1.165) is 12.2 Å². The Morgan fingerprint density at radius 1 is 1.71 bits per heavy atom. The Kier molecular flexibility index (Phi) is 9.45. The van der Waals surface area contributed by atoms with Crippen molar-refractivity contribution in [2.75, 3.05) is 19.1 Å². The van der Waals surface area contributed by atoms with Crippen molar-refractivity contribution in [1.82, 2.24) is 5.32 Å². The first-order chi connectivity index (χ1) is 7.13. The van der Waals surface area contributed by atoms with Gasteiger partial charge in [-0.1, -0.05) is 7.40 Å². The fourth-order valence-electron chi connectivity index (χ4n) is 1.22. The predicted molar refractivity (Wildman–Crippen MR) is 63.9 cm³/mol. The maximum atomic E-state index is 11.5. The number of thioether (sulfide) groups is 1. The van der Waals surface area contributed by atoms with E-state index in [4.69, 9.17) is 1.37 Å². The average molecular weight is 222 g/mol. The summed E-state index contributed by atoms with van der Waals surface area (Å²) in [5, 5.41) is 12.1. The van der Waals surface area contributed by atoms with Crippen LogP contribution >= 0.6 is 11.8 Å². The molecule has 14 heavy (non-hydrogen) atoms. The van der Waals surface area contributed by atoms with E-state index < -0.39 is 12.1 Å². The minimum absolute atomic E-state index is 0.103. The van der Waals surface area contributed by atoms with E-state index in [9.17, 15) is 9.90 Å². The Morgan fingerprint density at radius 3 is 2.64 bits per heavy atom. The van der Waals surface area contributed by atoms with E-state index in [0.29, 0.717) is 6.42 Å². The number of Topliss-reactive ketones (excluding diaryl/α,β-unsaturated/α-hetero) is 1. The summed E-state index contributed by atoms with van der Waals surface area (Å²) in [6.07, 6.45) is 2.86. The molecule has 2 atom stereocenters. The molecule has 0 radical (unpaired) electrons. The smallest absolute Gasteiger partial charge is 0.152 e. The van der Waals surface area contributed by atoms with Crippen molar-refractivity contribution >= 4 is 17.5 Å². The number of rotatable bonds is 7. The number of hydrogen-bond acceptors (Lipinski definition) is 4. The van der Waals surface area contributed by atoms with Crippen LogP contribution < -0.4 is 5.32 Å². The van der Waals surface area contributed by atoms with Crippen molar-refractivity contribution in [2.45, 2.75) is 39.3 Å². The monoisotopic (exact) mass is 222 g/mol. The van der Waals surface area contributed by atoms with Crippen molar-refractivity contribution in [1.29, 1.82) is 0 Å². The number of aliphatic hydroxyl groups is 1. The summed E-state index contributed by atoms with van der Waals surface area (Å²) < 4.78 is 5.75. The van der Waals surface area contributed by atoms with Gasteiger partial charge in [0.15, 0.2) is 5.78 Å². The fraction of sp³-hybridized carbons (Fsp3) is 0.900. The second kappa shape index (κ2) is 9.49. The van der Waals surface area contributed by atoms with Crippen LogP contribution in [0.15, 0.2) is 0 Å². The van der Waals surface area contributed by atoms with Gasteiger partial charge < -0.3 is 10.4 Å². The molecule has 0 rings (SSSR count). The highest BCUT2D eigenvalue weighted by atomic mass is 32.2. The van der Waals surface area contributed by atoms with E-state index in [1.165, 1.54) is 7.40 Å². The van der Waals surface area contributed by atoms with E-state index >= 15 is 0 Å². The van der Waals surface area contributed by atoms with Crippen LogP contribution in [0, 0.1) is 0 Å². The minimum atomic E-state index is -0.605. The molecule has 0 aliphatic carbocycles. The van der Waals surface area contributed by atoms with Crippen LogP contribution in [-0.4, -0.2) is 42.1 Å². The van der Waals surface area contributed by atoms with Gasteiger partial charge in [0.1, 0.15) is 0 Å². The number of carbonyl (C=O) groups is 1. The Balaban J connectivity index is 0. The van der Waals surface area contributed by atoms with Crippen LogP contribution in [0.1, 0.15) is 28.5 Å². The summed E-state index contributed by atoms with van der Waals surface area (Å²) in [5.41, 5.74) is 0. The van der Waals surface area contributed by atoms with Crippen molar-refractivity contribution in [3.8, 4) is 0 Å². The predicted octanol–water partition coefficient (Wildman–Crippen LogP) is 1.30. The zero-order valence-corrected chi connectivity index (χ0v) is 10.4. The van der Waals surface area contributed by atoms with Crippen molar-refractivity contribution in [3.05, 3.63) is 0 Å². The third-order valence-corrected chi connectivity index (χ3v) is 2.61. The molecule has 0 aliphatic rings. The lowest BCUT2D eigenvalue weighted by atomic mass is 10.0. The first kappa shape index (κ1) is 13.9. The normalized spacial score (nSPS) is 14.8. The molecule has 0 aromatic heterocycles. The SMILES string of the molecule is CN[C@H](C(=O)CCCSC)[C@@H](C)O.[2H]C. The molecule has 0 aromatic rings. The van der Waals surface area contributed by atoms with Gasteiger partial charge in [0.2, 0.25) is 0 Å². The van der Waals surface area contributed by atoms with E-state index in [1.54, 1.807) is 25.7 Å². The second-order valence-electron chi connectivity index (χ2n) is 3.07.